The van der Waals surface area contributed by atoms with Gasteiger partial charge in [0.2, 0.25) is 0 Å². The second-order valence-corrected chi connectivity index (χ2v) is 9.88. The van der Waals surface area contributed by atoms with Crippen molar-refractivity contribution in [3.8, 4) is 11.1 Å². The van der Waals surface area contributed by atoms with E-state index in [1.807, 2.05) is 6.07 Å². The highest BCUT2D eigenvalue weighted by Gasteiger charge is 2.35. The molecular formula is C33H28FN3O. The fourth-order valence-electron chi connectivity index (χ4n) is 5.73. The Kier molecular flexibility index (Phi) is 6.44. The topological polar surface area (TPSA) is 59.2 Å². The molecule has 5 heteroatoms. The molecule has 1 fully saturated rings. The van der Waals surface area contributed by atoms with Gasteiger partial charge in [0, 0.05) is 24.0 Å². The number of nitrogens with two attached hydrogens (primary N) is 1. The largest absolute Gasteiger partial charge is 0.364 e. The number of rotatable bonds is 6. The number of nitrogens with zero attached hydrogens (tertiary/aromatic N) is 2. The zero-order valence-corrected chi connectivity index (χ0v) is 20.9. The predicted octanol–water partition coefficient (Wildman–Crippen LogP) is 7.22. The summed E-state index contributed by atoms with van der Waals surface area (Å²) in [5.74, 6) is -0.899. The number of likely N-dealkylation sites (tertiary alicyclic amines) is 1. The summed E-state index contributed by atoms with van der Waals surface area (Å²) in [4.78, 5) is 19.3. The van der Waals surface area contributed by atoms with Gasteiger partial charge in [-0.3, -0.25) is 9.69 Å². The summed E-state index contributed by atoms with van der Waals surface area (Å²) in [6.45, 7) is 0.740. The molecule has 4 aromatic carbocycles. The van der Waals surface area contributed by atoms with Gasteiger partial charge in [0.05, 0.1) is 5.52 Å². The van der Waals surface area contributed by atoms with E-state index in [1.54, 1.807) is 18.2 Å². The van der Waals surface area contributed by atoms with Crippen molar-refractivity contribution in [1.29, 1.82) is 0 Å². The molecule has 0 aliphatic carbocycles. The average molecular weight is 502 g/mol. The van der Waals surface area contributed by atoms with Crippen LogP contribution < -0.4 is 5.73 Å². The molecule has 1 aromatic heterocycles. The zero-order valence-electron chi connectivity index (χ0n) is 20.9. The van der Waals surface area contributed by atoms with Gasteiger partial charge in [-0.25, -0.2) is 9.37 Å². The van der Waals surface area contributed by atoms with Crippen LogP contribution in [0, 0.1) is 5.82 Å². The molecule has 6 rings (SSSR count). The first-order chi connectivity index (χ1) is 18.6. The molecule has 5 aromatic rings. The third-order valence-electron chi connectivity index (χ3n) is 7.53. The summed E-state index contributed by atoms with van der Waals surface area (Å²) in [6, 6.07) is 36.1. The molecule has 0 bridgehead atoms. The Morgan fingerprint density at radius 3 is 2.00 bits per heavy atom. The minimum atomic E-state index is -0.589. The van der Waals surface area contributed by atoms with Gasteiger partial charge in [-0.15, -0.1) is 0 Å². The Labute approximate surface area is 221 Å². The van der Waals surface area contributed by atoms with E-state index >= 15 is 0 Å². The maximum atomic E-state index is 13.6. The number of primary amides is 1. The Hall–Kier alpha value is -4.35. The van der Waals surface area contributed by atoms with E-state index < -0.39 is 5.91 Å². The summed E-state index contributed by atoms with van der Waals surface area (Å²) in [7, 11) is 0. The molecule has 0 spiro atoms. The van der Waals surface area contributed by atoms with Gasteiger partial charge < -0.3 is 5.73 Å². The first kappa shape index (κ1) is 24.0. The summed E-state index contributed by atoms with van der Waals surface area (Å²) >= 11 is 0. The lowest BCUT2D eigenvalue weighted by Gasteiger charge is -2.31. The molecule has 1 aliphatic rings. The number of hydrogen-bond donors (Lipinski definition) is 1. The van der Waals surface area contributed by atoms with Crippen LogP contribution in [0.3, 0.4) is 0 Å². The van der Waals surface area contributed by atoms with Crippen molar-refractivity contribution in [2.24, 2.45) is 5.73 Å². The number of carbonyl (C=O) groups is 1. The third-order valence-corrected chi connectivity index (χ3v) is 7.53. The number of amides is 1. The molecule has 1 amide bonds. The Morgan fingerprint density at radius 2 is 1.42 bits per heavy atom. The number of pyridine rings is 1. The summed E-state index contributed by atoms with van der Waals surface area (Å²) in [5.41, 5.74) is 11.9. The Morgan fingerprint density at radius 1 is 0.816 bits per heavy atom. The fraction of sp³-hybridized carbons (Fsp3) is 0.152. The molecule has 1 aliphatic heterocycles. The van der Waals surface area contributed by atoms with Gasteiger partial charge in [0.25, 0.3) is 5.91 Å². The number of aromatic nitrogens is 1. The van der Waals surface area contributed by atoms with Crippen molar-refractivity contribution in [2.45, 2.75) is 31.5 Å². The quantitative estimate of drug-likeness (QED) is 0.267. The zero-order chi connectivity index (χ0) is 26.1. The van der Waals surface area contributed by atoms with Gasteiger partial charge in [0.15, 0.2) is 0 Å². The van der Waals surface area contributed by atoms with Crippen LogP contribution in [0.5, 0.6) is 0 Å². The maximum Gasteiger partial charge on any atom is 0.267 e. The lowest BCUT2D eigenvalue weighted by Crippen LogP contribution is -2.26. The second kappa shape index (κ2) is 10.2. The first-order valence-corrected chi connectivity index (χ1v) is 12.9. The first-order valence-electron chi connectivity index (χ1n) is 12.9. The van der Waals surface area contributed by atoms with Gasteiger partial charge in [-0.2, -0.15) is 0 Å². The molecule has 38 heavy (non-hydrogen) atoms. The van der Waals surface area contributed by atoms with Crippen LogP contribution in [0.4, 0.5) is 4.39 Å². The minimum Gasteiger partial charge on any atom is -0.364 e. The molecule has 0 radical (unpaired) electrons. The van der Waals surface area contributed by atoms with Crippen LogP contribution in [0.1, 0.15) is 52.1 Å². The molecule has 2 N–H and O–H groups in total. The number of hydrogen-bond acceptors (Lipinski definition) is 3. The molecule has 2 heterocycles. The normalized spacial score (nSPS) is 17.6. The Balaban J connectivity index is 1.41. The van der Waals surface area contributed by atoms with Crippen LogP contribution in [0.2, 0.25) is 0 Å². The highest BCUT2D eigenvalue weighted by atomic mass is 19.1. The van der Waals surface area contributed by atoms with Crippen molar-refractivity contribution < 1.29 is 9.18 Å². The lowest BCUT2D eigenvalue weighted by molar-refractivity contribution is 0.0996. The van der Waals surface area contributed by atoms with Gasteiger partial charge >= 0.3 is 0 Å². The number of carbonyl (C=O) groups excluding carboxylic acids is 1. The minimum absolute atomic E-state index is 0.194. The monoisotopic (exact) mass is 501 g/mol. The maximum absolute atomic E-state index is 13.6. The second-order valence-electron chi connectivity index (χ2n) is 9.88. The summed E-state index contributed by atoms with van der Waals surface area (Å²) < 4.78 is 13.6. The molecule has 1 saturated heterocycles. The van der Waals surface area contributed by atoms with Gasteiger partial charge in [-0.1, -0.05) is 84.9 Å². The van der Waals surface area contributed by atoms with Crippen LogP contribution >= 0.6 is 0 Å². The smallest absolute Gasteiger partial charge is 0.267 e. The highest BCUT2D eigenvalue weighted by Crippen LogP contribution is 2.45. The lowest BCUT2D eigenvalue weighted by atomic mass is 9.98. The van der Waals surface area contributed by atoms with E-state index in [0.29, 0.717) is 17.6 Å². The van der Waals surface area contributed by atoms with Crippen LogP contribution in [0.25, 0.3) is 22.0 Å². The summed E-state index contributed by atoms with van der Waals surface area (Å²) in [6.07, 6.45) is 2.16. The molecule has 0 saturated carbocycles. The van der Waals surface area contributed by atoms with Gasteiger partial charge in [-0.05, 0) is 64.9 Å². The van der Waals surface area contributed by atoms with E-state index in [1.165, 1.54) is 23.3 Å². The van der Waals surface area contributed by atoms with Crippen LogP contribution in [-0.2, 0) is 6.54 Å². The van der Waals surface area contributed by atoms with E-state index in [2.05, 4.69) is 82.7 Å². The standard InChI is InChI=1S/C33H28FN3O/c34-26-14-12-23(13-15-26)28-20-30(33(35)38)36-29-19-22(11-16-27(28)29)21-37-31(24-7-3-1-4-8-24)17-18-32(37)25-9-5-2-6-10-25/h1-16,19-20,31-32H,17-18,21H2,(H2,35,38). The highest BCUT2D eigenvalue weighted by molar-refractivity contribution is 6.00. The van der Waals surface area contributed by atoms with Crippen molar-refractivity contribution in [2.75, 3.05) is 0 Å². The van der Waals surface area contributed by atoms with E-state index in [4.69, 9.17) is 5.73 Å². The van der Waals surface area contributed by atoms with Crippen LogP contribution in [-0.4, -0.2) is 15.8 Å². The number of fused-ring (bicyclic) bond motifs is 1. The molecule has 4 nitrogen and oxygen atoms in total. The van der Waals surface area contributed by atoms with Gasteiger partial charge in [0.1, 0.15) is 11.5 Å². The molecule has 2 unspecified atom stereocenters. The predicted molar refractivity (Wildman–Crippen MR) is 149 cm³/mol. The van der Waals surface area contributed by atoms with Crippen molar-refractivity contribution in [1.82, 2.24) is 9.88 Å². The van der Waals surface area contributed by atoms with Crippen LogP contribution in [0.15, 0.2) is 109 Å². The average Bonchev–Trinajstić information content (AvgIpc) is 3.37. The summed E-state index contributed by atoms with van der Waals surface area (Å²) in [5, 5.41) is 0.894. The molecular weight excluding hydrogens is 473 g/mol. The van der Waals surface area contributed by atoms with Crippen molar-refractivity contribution in [3.05, 3.63) is 137 Å². The molecule has 188 valence electrons. The van der Waals surface area contributed by atoms with E-state index in [0.717, 1.165) is 41.5 Å². The third kappa shape index (κ3) is 4.69. The molecule has 2 atom stereocenters. The fourth-order valence-corrected chi connectivity index (χ4v) is 5.73. The number of halogens is 1. The Bertz CT molecular complexity index is 1540. The van der Waals surface area contributed by atoms with Crippen molar-refractivity contribution >= 4 is 16.8 Å². The van der Waals surface area contributed by atoms with Crippen molar-refractivity contribution in [3.63, 3.8) is 0 Å². The van der Waals surface area contributed by atoms with E-state index in [9.17, 15) is 9.18 Å². The number of benzene rings is 4. The SMILES string of the molecule is NC(=O)c1cc(-c2ccc(F)cc2)c2ccc(CN3C(c4ccccc4)CCC3c3ccccc3)cc2n1. The van der Waals surface area contributed by atoms with E-state index in [-0.39, 0.29) is 11.5 Å².